The van der Waals surface area contributed by atoms with Crippen molar-refractivity contribution in [2.75, 3.05) is 5.73 Å². The standard InChI is InChI=1S/C17H12F3N3O4/c18-17(19,20)15(25)12-10(3-4-11(21)13(12)23(26)27)16(5-6-16)14(24)9-2-1-7-22-8-9/h1-4,7-8H,5-6,21H2. The van der Waals surface area contributed by atoms with Gasteiger partial charge in [-0.25, -0.2) is 0 Å². The first-order valence-electron chi connectivity index (χ1n) is 7.73. The molecule has 0 saturated heterocycles. The van der Waals surface area contributed by atoms with Gasteiger partial charge in [-0.15, -0.1) is 0 Å². The zero-order chi connectivity index (χ0) is 20.0. The van der Waals surface area contributed by atoms with Gasteiger partial charge in [-0.1, -0.05) is 6.07 Å². The maximum Gasteiger partial charge on any atom is 0.455 e. The van der Waals surface area contributed by atoms with Gasteiger partial charge in [-0.3, -0.25) is 24.7 Å². The number of Topliss-reactive ketones (excluding diaryl/α,β-unsaturated/α-hetero) is 2. The molecule has 0 radical (unpaired) electrons. The van der Waals surface area contributed by atoms with Gasteiger partial charge in [-0.2, -0.15) is 13.2 Å². The quantitative estimate of drug-likeness (QED) is 0.369. The van der Waals surface area contributed by atoms with E-state index in [9.17, 15) is 32.9 Å². The van der Waals surface area contributed by atoms with Crippen LogP contribution in [0.4, 0.5) is 24.5 Å². The lowest BCUT2D eigenvalue weighted by Crippen LogP contribution is -2.30. The highest BCUT2D eigenvalue weighted by molar-refractivity contribution is 6.12. The molecule has 10 heteroatoms. The molecule has 140 valence electrons. The van der Waals surface area contributed by atoms with Crippen molar-refractivity contribution in [1.29, 1.82) is 0 Å². The second-order valence-corrected chi connectivity index (χ2v) is 6.16. The molecule has 0 unspecified atom stereocenters. The molecular weight excluding hydrogens is 367 g/mol. The molecule has 0 aliphatic heterocycles. The number of nitrogen functional groups attached to an aromatic ring is 1. The SMILES string of the molecule is Nc1ccc(C2(C(=O)c3cccnc3)CC2)c(C(=O)C(F)(F)F)c1[N+](=O)[O-]. The summed E-state index contributed by atoms with van der Waals surface area (Å²) in [4.78, 5) is 38.9. The minimum atomic E-state index is -5.36. The number of rotatable bonds is 5. The maximum atomic E-state index is 13.1. The third kappa shape index (κ3) is 3.03. The van der Waals surface area contributed by atoms with Crippen molar-refractivity contribution in [3.63, 3.8) is 0 Å². The van der Waals surface area contributed by atoms with Crippen LogP contribution >= 0.6 is 0 Å². The highest BCUT2D eigenvalue weighted by Crippen LogP contribution is 2.54. The summed E-state index contributed by atoms with van der Waals surface area (Å²) >= 11 is 0. The second kappa shape index (κ2) is 6.15. The van der Waals surface area contributed by atoms with E-state index in [0.29, 0.717) is 0 Å². The van der Waals surface area contributed by atoms with Gasteiger partial charge in [0.2, 0.25) is 0 Å². The number of nitrogens with zero attached hydrogens (tertiary/aromatic N) is 2. The molecule has 27 heavy (non-hydrogen) atoms. The van der Waals surface area contributed by atoms with E-state index in [2.05, 4.69) is 4.98 Å². The van der Waals surface area contributed by atoms with Gasteiger partial charge in [0, 0.05) is 18.0 Å². The van der Waals surface area contributed by atoms with Crippen LogP contribution in [0.5, 0.6) is 0 Å². The number of carbonyl (C=O) groups excluding carboxylic acids is 2. The molecule has 2 aromatic rings. The van der Waals surface area contributed by atoms with E-state index in [1.165, 1.54) is 24.5 Å². The Morgan fingerprint density at radius 2 is 1.89 bits per heavy atom. The molecule has 3 rings (SSSR count). The number of nitro groups is 1. The van der Waals surface area contributed by atoms with Crippen LogP contribution in [-0.2, 0) is 5.41 Å². The van der Waals surface area contributed by atoms with Crippen LogP contribution in [0.25, 0.3) is 0 Å². The van der Waals surface area contributed by atoms with Crippen LogP contribution in [0.1, 0.15) is 39.1 Å². The minimum absolute atomic E-state index is 0.139. The number of nitrogens with two attached hydrogens (primary N) is 1. The van der Waals surface area contributed by atoms with E-state index in [0.717, 1.165) is 12.1 Å². The van der Waals surface area contributed by atoms with Gasteiger partial charge >= 0.3 is 11.9 Å². The first-order valence-corrected chi connectivity index (χ1v) is 7.73. The molecule has 1 saturated carbocycles. The predicted molar refractivity (Wildman–Crippen MR) is 87.4 cm³/mol. The Labute approximate surface area is 150 Å². The number of ketones is 2. The molecule has 2 N–H and O–H groups in total. The first-order chi connectivity index (χ1) is 12.6. The average Bonchev–Trinajstić information content (AvgIpc) is 3.41. The minimum Gasteiger partial charge on any atom is -0.393 e. The second-order valence-electron chi connectivity index (χ2n) is 6.16. The van der Waals surface area contributed by atoms with Crippen LogP contribution in [0, 0.1) is 10.1 Å². The monoisotopic (exact) mass is 379 g/mol. The summed E-state index contributed by atoms with van der Waals surface area (Å²) in [6.45, 7) is 0. The molecule has 0 atom stereocenters. The van der Waals surface area contributed by atoms with E-state index in [4.69, 9.17) is 5.73 Å². The molecule has 7 nitrogen and oxygen atoms in total. The lowest BCUT2D eigenvalue weighted by atomic mass is 9.83. The number of aromatic nitrogens is 1. The number of halogens is 3. The summed E-state index contributed by atoms with van der Waals surface area (Å²) in [5, 5.41) is 11.3. The molecule has 1 aliphatic carbocycles. The largest absolute Gasteiger partial charge is 0.455 e. The highest BCUT2D eigenvalue weighted by Gasteiger charge is 2.56. The van der Waals surface area contributed by atoms with Crippen molar-refractivity contribution in [2.45, 2.75) is 24.4 Å². The molecule has 1 aromatic heterocycles. The summed E-state index contributed by atoms with van der Waals surface area (Å²) in [5.41, 5.74) is 0.926. The molecule has 0 bridgehead atoms. The maximum absolute atomic E-state index is 13.1. The fraction of sp³-hybridized carbons (Fsp3) is 0.235. The first kappa shape index (κ1) is 18.5. The summed E-state index contributed by atoms with van der Waals surface area (Å²) in [5.74, 6) is -2.95. The summed E-state index contributed by atoms with van der Waals surface area (Å²) in [7, 11) is 0. The zero-order valence-electron chi connectivity index (χ0n) is 13.6. The van der Waals surface area contributed by atoms with Crippen molar-refractivity contribution in [3.8, 4) is 0 Å². The highest BCUT2D eigenvalue weighted by atomic mass is 19.4. The average molecular weight is 379 g/mol. The molecule has 1 aliphatic rings. The Morgan fingerprint density at radius 3 is 2.37 bits per heavy atom. The Hall–Kier alpha value is -3.30. The van der Waals surface area contributed by atoms with Crippen LogP contribution in [0.2, 0.25) is 0 Å². The van der Waals surface area contributed by atoms with E-state index in [1.54, 1.807) is 0 Å². The predicted octanol–water partition coefficient (Wildman–Crippen LogP) is 3.23. The van der Waals surface area contributed by atoms with Crippen molar-refractivity contribution in [1.82, 2.24) is 4.98 Å². The zero-order valence-corrected chi connectivity index (χ0v) is 13.6. The van der Waals surface area contributed by atoms with Gasteiger partial charge < -0.3 is 5.73 Å². The third-order valence-corrected chi connectivity index (χ3v) is 4.50. The lowest BCUT2D eigenvalue weighted by molar-refractivity contribution is -0.384. The van der Waals surface area contributed by atoms with Crippen molar-refractivity contribution >= 4 is 22.9 Å². The van der Waals surface area contributed by atoms with Gasteiger partial charge in [0.1, 0.15) is 11.3 Å². The Kier molecular flexibility index (Phi) is 4.21. The lowest BCUT2D eigenvalue weighted by Gasteiger charge is -2.19. The van der Waals surface area contributed by atoms with Gasteiger partial charge in [0.15, 0.2) is 5.78 Å². The number of carbonyl (C=O) groups is 2. The molecule has 0 amide bonds. The van der Waals surface area contributed by atoms with E-state index < -0.39 is 45.0 Å². The number of benzene rings is 1. The molecule has 1 heterocycles. The summed E-state index contributed by atoms with van der Waals surface area (Å²) < 4.78 is 39.3. The molecule has 1 aromatic carbocycles. The van der Waals surface area contributed by atoms with E-state index in [-0.39, 0.29) is 24.0 Å². The number of anilines is 1. The van der Waals surface area contributed by atoms with Crippen molar-refractivity contribution in [3.05, 3.63) is 63.5 Å². The normalized spacial score (nSPS) is 15.2. The number of pyridine rings is 1. The molecule has 1 fully saturated rings. The Bertz CT molecular complexity index is 954. The third-order valence-electron chi connectivity index (χ3n) is 4.50. The fourth-order valence-electron chi connectivity index (χ4n) is 3.09. The number of nitro benzene ring substituents is 1. The van der Waals surface area contributed by atoms with Crippen LogP contribution in [0.15, 0.2) is 36.7 Å². The fourth-order valence-corrected chi connectivity index (χ4v) is 3.09. The summed E-state index contributed by atoms with van der Waals surface area (Å²) in [6, 6.07) is 5.04. The molecule has 0 spiro atoms. The Balaban J connectivity index is 2.25. The van der Waals surface area contributed by atoms with E-state index in [1.807, 2.05) is 0 Å². The number of hydrogen-bond acceptors (Lipinski definition) is 6. The topological polar surface area (TPSA) is 116 Å². The van der Waals surface area contributed by atoms with Gasteiger partial charge in [0.25, 0.3) is 5.78 Å². The number of hydrogen-bond donors (Lipinski definition) is 1. The Morgan fingerprint density at radius 1 is 1.22 bits per heavy atom. The van der Waals surface area contributed by atoms with Crippen molar-refractivity contribution in [2.24, 2.45) is 0 Å². The van der Waals surface area contributed by atoms with Crippen LogP contribution < -0.4 is 5.73 Å². The van der Waals surface area contributed by atoms with Crippen LogP contribution in [0.3, 0.4) is 0 Å². The van der Waals surface area contributed by atoms with Crippen molar-refractivity contribution < 1.29 is 27.7 Å². The van der Waals surface area contributed by atoms with Gasteiger partial charge in [0.05, 0.1) is 10.3 Å². The smallest absolute Gasteiger partial charge is 0.393 e. The number of alkyl halides is 3. The van der Waals surface area contributed by atoms with Crippen LogP contribution in [-0.4, -0.2) is 27.7 Å². The van der Waals surface area contributed by atoms with Gasteiger partial charge in [-0.05, 0) is 36.6 Å². The summed E-state index contributed by atoms with van der Waals surface area (Å²) in [6.07, 6.45) is -2.39. The molecular formula is C17H12F3N3O4. The van der Waals surface area contributed by atoms with E-state index >= 15 is 0 Å².